The molecular formula is C33H32N2O3. The van der Waals surface area contributed by atoms with Gasteiger partial charge in [0.25, 0.3) is 0 Å². The molecule has 1 spiro atoms. The first-order valence-electron chi connectivity index (χ1n) is 13.3. The lowest BCUT2D eigenvalue weighted by atomic mass is 9.76. The number of hydrogen-bond donors (Lipinski definition) is 1. The van der Waals surface area contributed by atoms with Gasteiger partial charge in [-0.25, -0.2) is 4.79 Å². The number of ether oxygens (including phenoxy) is 2. The number of esters is 1. The van der Waals surface area contributed by atoms with Crippen LogP contribution in [0.15, 0.2) is 84.9 Å². The Morgan fingerprint density at radius 1 is 0.868 bits per heavy atom. The molecule has 1 N–H and O–H groups in total. The third kappa shape index (κ3) is 3.49. The summed E-state index contributed by atoms with van der Waals surface area (Å²) in [5.41, 5.74) is 6.03. The molecule has 38 heavy (non-hydrogen) atoms. The van der Waals surface area contributed by atoms with Crippen LogP contribution in [0.4, 0.5) is 11.4 Å². The van der Waals surface area contributed by atoms with Crippen LogP contribution in [0, 0.1) is 6.92 Å². The van der Waals surface area contributed by atoms with Gasteiger partial charge in [0.2, 0.25) is 0 Å². The molecule has 4 aromatic rings. The normalized spacial score (nSPS) is 15.1. The number of hydrogen-bond acceptors (Lipinski definition) is 5. The molecule has 0 saturated heterocycles. The summed E-state index contributed by atoms with van der Waals surface area (Å²) in [6.45, 7) is 10.0. The van der Waals surface area contributed by atoms with E-state index < -0.39 is 5.60 Å². The van der Waals surface area contributed by atoms with Crippen LogP contribution < -0.4 is 15.0 Å². The average molecular weight is 505 g/mol. The highest BCUT2D eigenvalue weighted by Gasteiger charge is 2.56. The lowest BCUT2D eigenvalue weighted by Gasteiger charge is -2.38. The van der Waals surface area contributed by atoms with Crippen molar-refractivity contribution < 1.29 is 14.3 Å². The zero-order valence-electron chi connectivity index (χ0n) is 22.2. The number of nitrogens with one attached hydrogen (secondary N) is 1. The minimum absolute atomic E-state index is 0.0112. The molecule has 5 nitrogen and oxygen atoms in total. The Labute approximate surface area is 224 Å². The number of aryl methyl sites for hydroxylation is 1. The molecule has 0 radical (unpaired) electrons. The molecule has 192 valence electrons. The van der Waals surface area contributed by atoms with E-state index in [2.05, 4.69) is 56.1 Å². The zero-order chi connectivity index (χ0) is 26.4. The molecule has 0 aromatic heterocycles. The first-order chi connectivity index (χ1) is 18.5. The fourth-order valence-corrected chi connectivity index (χ4v) is 6.07. The summed E-state index contributed by atoms with van der Waals surface area (Å²) in [4.78, 5) is 16.3. The third-order valence-electron chi connectivity index (χ3n) is 7.80. The molecule has 0 bridgehead atoms. The summed E-state index contributed by atoms with van der Waals surface area (Å²) in [5, 5.41) is 3.76. The van der Waals surface area contributed by atoms with Crippen LogP contribution >= 0.6 is 0 Å². The van der Waals surface area contributed by atoms with Crippen molar-refractivity contribution in [1.29, 1.82) is 0 Å². The molecule has 1 unspecified atom stereocenters. The van der Waals surface area contributed by atoms with E-state index in [4.69, 9.17) is 9.47 Å². The fraction of sp³-hybridized carbons (Fsp3) is 0.242. The summed E-state index contributed by atoms with van der Waals surface area (Å²) in [6.07, 6.45) is 0. The Morgan fingerprint density at radius 2 is 1.45 bits per heavy atom. The van der Waals surface area contributed by atoms with Gasteiger partial charge in [-0.3, -0.25) is 0 Å². The van der Waals surface area contributed by atoms with Gasteiger partial charge in [-0.2, -0.15) is 0 Å². The Morgan fingerprint density at radius 3 is 2.05 bits per heavy atom. The van der Waals surface area contributed by atoms with Gasteiger partial charge in [0.1, 0.15) is 11.5 Å². The van der Waals surface area contributed by atoms with Crippen molar-refractivity contribution in [3.05, 3.63) is 118 Å². The maximum atomic E-state index is 14.1. The largest absolute Gasteiger partial charge is 0.456 e. The molecule has 0 aliphatic carbocycles. The van der Waals surface area contributed by atoms with Crippen LogP contribution in [0.5, 0.6) is 11.5 Å². The average Bonchev–Trinajstić information content (AvgIpc) is 3.24. The van der Waals surface area contributed by atoms with Crippen LogP contribution in [0.3, 0.4) is 0 Å². The van der Waals surface area contributed by atoms with Gasteiger partial charge < -0.3 is 19.7 Å². The lowest BCUT2D eigenvalue weighted by molar-refractivity contribution is 0.0226. The van der Waals surface area contributed by atoms with Crippen LogP contribution in [0.25, 0.3) is 0 Å². The first kappa shape index (κ1) is 24.1. The molecule has 2 aliphatic rings. The highest BCUT2D eigenvalue weighted by molar-refractivity contribution is 6.05. The van der Waals surface area contributed by atoms with Gasteiger partial charge in [-0.05, 0) is 57.0 Å². The molecule has 4 aromatic carbocycles. The second-order valence-electron chi connectivity index (χ2n) is 9.95. The van der Waals surface area contributed by atoms with Gasteiger partial charge in [0.15, 0.2) is 5.60 Å². The van der Waals surface area contributed by atoms with Crippen molar-refractivity contribution in [2.24, 2.45) is 0 Å². The van der Waals surface area contributed by atoms with E-state index in [1.54, 1.807) is 0 Å². The second-order valence-corrected chi connectivity index (χ2v) is 9.95. The topological polar surface area (TPSA) is 50.8 Å². The number of carbonyl (C=O) groups excluding carboxylic acids is 1. The predicted octanol–water partition coefficient (Wildman–Crippen LogP) is 7.58. The van der Waals surface area contributed by atoms with E-state index in [0.717, 1.165) is 46.7 Å². The van der Waals surface area contributed by atoms with Gasteiger partial charge >= 0.3 is 5.97 Å². The Balaban J connectivity index is 1.68. The summed E-state index contributed by atoms with van der Waals surface area (Å²) in [5.74, 6) is 1.07. The Kier molecular flexibility index (Phi) is 5.87. The molecule has 0 fully saturated rings. The van der Waals surface area contributed by atoms with Crippen LogP contribution in [-0.2, 0) is 10.3 Å². The summed E-state index contributed by atoms with van der Waals surface area (Å²) in [6, 6.07) is 28.3. The smallest absolute Gasteiger partial charge is 0.342 e. The number of fused-ring (bicyclic) bond motifs is 6. The lowest BCUT2D eigenvalue weighted by Crippen LogP contribution is -2.34. The highest BCUT2D eigenvalue weighted by atomic mass is 16.6. The Hall–Kier alpha value is -4.25. The highest BCUT2D eigenvalue weighted by Crippen LogP contribution is 2.59. The van der Waals surface area contributed by atoms with Crippen molar-refractivity contribution >= 4 is 17.3 Å². The van der Waals surface area contributed by atoms with E-state index in [1.807, 2.05) is 66.7 Å². The van der Waals surface area contributed by atoms with E-state index in [0.29, 0.717) is 17.1 Å². The molecule has 5 heteroatoms. The van der Waals surface area contributed by atoms with Crippen LogP contribution in [-0.4, -0.2) is 19.1 Å². The molecule has 2 aliphatic heterocycles. The number of benzene rings is 4. The minimum atomic E-state index is -1.13. The van der Waals surface area contributed by atoms with Crippen LogP contribution in [0.1, 0.15) is 65.0 Å². The van der Waals surface area contributed by atoms with E-state index in [1.165, 1.54) is 5.56 Å². The fourth-order valence-electron chi connectivity index (χ4n) is 6.07. The van der Waals surface area contributed by atoms with Crippen molar-refractivity contribution in [2.45, 2.75) is 39.3 Å². The number of nitrogens with zero attached hydrogens (tertiary/aromatic N) is 1. The standard InChI is InChI=1S/C33H32N2O3/c1-5-35(6-2)31-21(3)20-26(34-22(4)23-14-8-7-9-15-23)30-29(31)32(36)38-33(30)24-16-10-12-18-27(24)37-28-19-13-11-17-25(28)33/h7-20,22,34H,5-6H2,1-4H3. The SMILES string of the molecule is CCN(CC)c1c(C)cc(NC(C)c2ccccc2)c2c1C(=O)OC21c2ccccc2Oc2ccccc21. The number of anilines is 2. The van der Waals surface area contributed by atoms with E-state index >= 15 is 0 Å². The summed E-state index contributed by atoms with van der Waals surface area (Å²) < 4.78 is 12.9. The van der Waals surface area contributed by atoms with Crippen LogP contribution in [0.2, 0.25) is 0 Å². The van der Waals surface area contributed by atoms with E-state index in [-0.39, 0.29) is 12.0 Å². The molecule has 6 rings (SSSR count). The number of para-hydroxylation sites is 2. The second kappa shape index (κ2) is 9.25. The molecule has 0 saturated carbocycles. The molecule has 1 atom stereocenters. The summed E-state index contributed by atoms with van der Waals surface area (Å²) >= 11 is 0. The Bertz CT molecular complexity index is 1480. The molecular weight excluding hydrogens is 472 g/mol. The van der Waals surface area contributed by atoms with Crippen molar-refractivity contribution in [3.8, 4) is 11.5 Å². The van der Waals surface area contributed by atoms with Gasteiger partial charge in [-0.15, -0.1) is 0 Å². The molecule has 0 amide bonds. The third-order valence-corrected chi connectivity index (χ3v) is 7.80. The maximum absolute atomic E-state index is 14.1. The van der Waals surface area contributed by atoms with Crippen molar-refractivity contribution in [2.75, 3.05) is 23.3 Å². The minimum Gasteiger partial charge on any atom is -0.456 e. The number of carbonyl (C=O) groups is 1. The van der Waals surface area contributed by atoms with Gasteiger partial charge in [0, 0.05) is 41.5 Å². The van der Waals surface area contributed by atoms with Gasteiger partial charge in [0.05, 0.1) is 11.3 Å². The monoisotopic (exact) mass is 504 g/mol. The van der Waals surface area contributed by atoms with E-state index in [9.17, 15) is 4.79 Å². The predicted molar refractivity (Wildman–Crippen MR) is 151 cm³/mol. The zero-order valence-corrected chi connectivity index (χ0v) is 22.2. The summed E-state index contributed by atoms with van der Waals surface area (Å²) in [7, 11) is 0. The van der Waals surface area contributed by atoms with Crippen molar-refractivity contribution in [3.63, 3.8) is 0 Å². The quantitative estimate of drug-likeness (QED) is 0.274. The van der Waals surface area contributed by atoms with Gasteiger partial charge in [-0.1, -0.05) is 66.7 Å². The number of rotatable bonds is 6. The molecule has 2 heterocycles. The first-order valence-corrected chi connectivity index (χ1v) is 13.3. The maximum Gasteiger partial charge on any atom is 0.342 e. The van der Waals surface area contributed by atoms with Crippen molar-refractivity contribution in [1.82, 2.24) is 0 Å².